The molecule has 1 amide bonds. The molecule has 1 heterocycles. The molecular weight excluding hydrogens is 320 g/mol. The maximum Gasteiger partial charge on any atom is 0.223 e. The third kappa shape index (κ3) is 3.09. The maximum atomic E-state index is 13.0. The summed E-state index contributed by atoms with van der Waals surface area (Å²) in [6.45, 7) is 7.02. The molecule has 0 spiro atoms. The Bertz CT molecular complexity index is 672. The van der Waals surface area contributed by atoms with E-state index < -0.39 is 0 Å². The fourth-order valence-corrected chi connectivity index (χ4v) is 6.85. The summed E-state index contributed by atoms with van der Waals surface area (Å²) >= 11 is 0. The van der Waals surface area contributed by atoms with Crippen LogP contribution in [0.2, 0.25) is 0 Å². The molecule has 26 heavy (non-hydrogen) atoms. The van der Waals surface area contributed by atoms with E-state index in [-0.39, 0.29) is 0 Å². The molecule has 4 aliphatic carbocycles. The van der Waals surface area contributed by atoms with E-state index >= 15 is 0 Å². The summed E-state index contributed by atoms with van der Waals surface area (Å²) in [5.74, 6) is 3.33. The molecule has 1 aromatic carbocycles. The van der Waals surface area contributed by atoms with Crippen LogP contribution in [0.3, 0.4) is 0 Å². The highest BCUT2D eigenvalue weighted by Crippen LogP contribution is 2.65. The lowest BCUT2D eigenvalue weighted by molar-refractivity contribution is -0.136. The van der Waals surface area contributed by atoms with Crippen LogP contribution in [-0.4, -0.2) is 41.9 Å². The van der Waals surface area contributed by atoms with Crippen LogP contribution in [0.4, 0.5) is 0 Å². The number of amides is 1. The monoisotopic (exact) mass is 352 g/mol. The van der Waals surface area contributed by atoms with Crippen LogP contribution in [0.15, 0.2) is 24.3 Å². The minimum atomic E-state index is 0.395. The predicted octanol–water partition coefficient (Wildman–Crippen LogP) is 3.86. The van der Waals surface area contributed by atoms with Gasteiger partial charge in [-0.25, -0.2) is 0 Å². The van der Waals surface area contributed by atoms with E-state index in [1.54, 1.807) is 0 Å². The van der Waals surface area contributed by atoms with E-state index in [2.05, 4.69) is 41.0 Å². The van der Waals surface area contributed by atoms with E-state index in [0.717, 1.165) is 56.9 Å². The molecule has 0 aromatic heterocycles. The summed E-state index contributed by atoms with van der Waals surface area (Å²) < 4.78 is 0. The Balaban J connectivity index is 1.14. The van der Waals surface area contributed by atoms with E-state index in [1.165, 1.54) is 43.2 Å². The first kappa shape index (κ1) is 16.8. The van der Waals surface area contributed by atoms with Crippen LogP contribution in [0, 0.1) is 30.1 Å². The Morgan fingerprint density at radius 1 is 1.08 bits per heavy atom. The fourth-order valence-electron chi connectivity index (χ4n) is 6.85. The number of benzene rings is 1. The zero-order valence-corrected chi connectivity index (χ0v) is 16.1. The van der Waals surface area contributed by atoms with Gasteiger partial charge in [-0.3, -0.25) is 9.69 Å². The molecule has 2 unspecified atom stereocenters. The smallest absolute Gasteiger partial charge is 0.223 e. The van der Waals surface area contributed by atoms with Gasteiger partial charge >= 0.3 is 0 Å². The lowest BCUT2D eigenvalue weighted by Crippen LogP contribution is -2.49. The number of aryl methyl sites for hydroxylation is 1. The second kappa shape index (κ2) is 6.37. The Labute approximate surface area is 157 Å². The van der Waals surface area contributed by atoms with Gasteiger partial charge < -0.3 is 4.90 Å². The van der Waals surface area contributed by atoms with E-state index in [4.69, 9.17) is 0 Å². The molecule has 140 valence electrons. The largest absolute Gasteiger partial charge is 0.340 e. The molecule has 0 N–H and O–H groups in total. The molecule has 1 aromatic rings. The SMILES string of the molecule is Cc1cccc(CN2CCN(C(=O)CC34CC5CC(C3)C(C5)C4)CC2)c1. The summed E-state index contributed by atoms with van der Waals surface area (Å²) in [5, 5.41) is 0. The number of piperazine rings is 1. The molecule has 2 atom stereocenters. The number of carbonyl (C=O) groups excluding carboxylic acids is 1. The van der Waals surface area contributed by atoms with Gasteiger partial charge in [0.15, 0.2) is 0 Å². The first-order valence-electron chi connectivity index (χ1n) is 10.6. The van der Waals surface area contributed by atoms with Gasteiger partial charge in [0.05, 0.1) is 0 Å². The summed E-state index contributed by atoms with van der Waals surface area (Å²) in [6, 6.07) is 8.80. The van der Waals surface area contributed by atoms with Gasteiger partial charge in [-0.2, -0.15) is 0 Å². The summed E-state index contributed by atoms with van der Waals surface area (Å²) in [4.78, 5) is 17.6. The van der Waals surface area contributed by atoms with E-state index in [1.807, 2.05) is 0 Å². The number of carbonyl (C=O) groups is 1. The van der Waals surface area contributed by atoms with Gasteiger partial charge in [0, 0.05) is 39.1 Å². The predicted molar refractivity (Wildman–Crippen MR) is 104 cm³/mol. The summed E-state index contributed by atoms with van der Waals surface area (Å²) in [6.07, 6.45) is 7.84. The topological polar surface area (TPSA) is 23.6 Å². The van der Waals surface area contributed by atoms with Gasteiger partial charge in [-0.15, -0.1) is 0 Å². The molecule has 1 aliphatic heterocycles. The molecule has 3 nitrogen and oxygen atoms in total. The molecule has 5 aliphatic rings. The summed E-state index contributed by atoms with van der Waals surface area (Å²) in [7, 11) is 0. The van der Waals surface area contributed by atoms with E-state index in [9.17, 15) is 4.79 Å². The van der Waals surface area contributed by atoms with Crippen molar-refractivity contribution in [3.05, 3.63) is 35.4 Å². The number of nitrogens with zero attached hydrogens (tertiary/aromatic N) is 2. The van der Waals surface area contributed by atoms with Crippen molar-refractivity contribution in [2.45, 2.75) is 52.0 Å². The lowest BCUT2D eigenvalue weighted by atomic mass is 9.67. The molecule has 4 saturated carbocycles. The lowest BCUT2D eigenvalue weighted by Gasteiger charge is -2.41. The normalized spacial score (nSPS) is 36.0. The van der Waals surface area contributed by atoms with Gasteiger partial charge in [0.1, 0.15) is 0 Å². The minimum absolute atomic E-state index is 0.395. The van der Waals surface area contributed by atoms with Crippen molar-refractivity contribution in [2.24, 2.45) is 23.2 Å². The highest BCUT2D eigenvalue weighted by Gasteiger charge is 2.56. The van der Waals surface area contributed by atoms with Crippen molar-refractivity contribution in [3.8, 4) is 0 Å². The Morgan fingerprint density at radius 3 is 2.46 bits per heavy atom. The maximum absolute atomic E-state index is 13.0. The van der Waals surface area contributed by atoms with Gasteiger partial charge in [-0.1, -0.05) is 29.8 Å². The van der Waals surface area contributed by atoms with Crippen LogP contribution in [0.5, 0.6) is 0 Å². The molecule has 3 heteroatoms. The van der Waals surface area contributed by atoms with Crippen LogP contribution in [-0.2, 0) is 11.3 Å². The molecule has 4 bridgehead atoms. The van der Waals surface area contributed by atoms with Crippen molar-refractivity contribution in [1.29, 1.82) is 0 Å². The highest BCUT2D eigenvalue weighted by molar-refractivity contribution is 5.77. The minimum Gasteiger partial charge on any atom is -0.340 e. The molecular formula is C23H32N2O. The Kier molecular flexibility index (Phi) is 4.11. The van der Waals surface area contributed by atoms with Gasteiger partial charge in [0.25, 0.3) is 0 Å². The number of hydrogen-bond donors (Lipinski definition) is 0. The summed E-state index contributed by atoms with van der Waals surface area (Å²) in [5.41, 5.74) is 3.12. The molecule has 1 saturated heterocycles. The van der Waals surface area contributed by atoms with E-state index in [0.29, 0.717) is 11.3 Å². The molecule has 5 fully saturated rings. The van der Waals surface area contributed by atoms with Crippen LogP contribution >= 0.6 is 0 Å². The van der Waals surface area contributed by atoms with Crippen LogP contribution in [0.25, 0.3) is 0 Å². The zero-order chi connectivity index (χ0) is 17.7. The third-order valence-corrected chi connectivity index (χ3v) is 7.79. The first-order chi connectivity index (χ1) is 12.6. The van der Waals surface area contributed by atoms with Gasteiger partial charge in [0.2, 0.25) is 5.91 Å². The fraction of sp³-hybridized carbons (Fsp3) is 0.696. The van der Waals surface area contributed by atoms with Crippen molar-refractivity contribution < 1.29 is 4.79 Å². The first-order valence-corrected chi connectivity index (χ1v) is 10.6. The van der Waals surface area contributed by atoms with Crippen LogP contribution in [0.1, 0.15) is 49.7 Å². The number of hydrogen-bond acceptors (Lipinski definition) is 2. The second-order valence-electron chi connectivity index (χ2n) is 9.79. The molecule has 0 radical (unpaired) electrons. The average molecular weight is 353 g/mol. The zero-order valence-electron chi connectivity index (χ0n) is 16.1. The van der Waals surface area contributed by atoms with Gasteiger partial charge in [-0.05, 0) is 67.8 Å². The quantitative estimate of drug-likeness (QED) is 0.822. The van der Waals surface area contributed by atoms with Crippen LogP contribution < -0.4 is 0 Å². The van der Waals surface area contributed by atoms with Crippen molar-refractivity contribution in [3.63, 3.8) is 0 Å². The van der Waals surface area contributed by atoms with Crippen molar-refractivity contribution >= 4 is 5.91 Å². The van der Waals surface area contributed by atoms with Crippen molar-refractivity contribution in [2.75, 3.05) is 26.2 Å². The van der Waals surface area contributed by atoms with Crippen molar-refractivity contribution in [1.82, 2.24) is 9.80 Å². The molecule has 6 rings (SSSR count). The average Bonchev–Trinajstić information content (AvgIpc) is 3.02. The second-order valence-corrected chi connectivity index (χ2v) is 9.79. The Morgan fingerprint density at radius 2 is 1.81 bits per heavy atom. The third-order valence-electron chi connectivity index (χ3n) is 7.79. The highest BCUT2D eigenvalue weighted by atomic mass is 16.2. The number of rotatable bonds is 4. The Hall–Kier alpha value is -1.35. The standard InChI is InChI=1S/C23H32N2O/c1-17-3-2-4-18(9-17)16-24-5-7-25(8-6-24)22(26)15-23-12-19-10-20(13-23)21(11-19)14-23/h2-4,9,19-21H,5-8,10-16H2,1H3.